The summed E-state index contributed by atoms with van der Waals surface area (Å²) in [4.78, 5) is 26.0. The van der Waals surface area contributed by atoms with Crippen LogP contribution < -0.4 is 10.6 Å². The predicted molar refractivity (Wildman–Crippen MR) is 106 cm³/mol. The Hall–Kier alpha value is -1.92. The van der Waals surface area contributed by atoms with E-state index >= 15 is 0 Å². The lowest BCUT2D eigenvalue weighted by Gasteiger charge is -2.30. The van der Waals surface area contributed by atoms with Crippen LogP contribution in [0.1, 0.15) is 44.8 Å². The molecule has 6 heteroatoms. The van der Waals surface area contributed by atoms with Crippen LogP contribution in [0.3, 0.4) is 0 Å². The van der Waals surface area contributed by atoms with E-state index in [9.17, 15) is 9.59 Å². The molecule has 1 aliphatic heterocycles. The molecule has 0 spiro atoms. The number of hydrogen-bond donors (Lipinski definition) is 2. The zero-order valence-corrected chi connectivity index (χ0v) is 16.6. The molecule has 1 fully saturated rings. The third-order valence-corrected chi connectivity index (χ3v) is 4.96. The molecule has 1 aromatic carbocycles. The molecule has 1 saturated heterocycles. The van der Waals surface area contributed by atoms with Crippen LogP contribution in [-0.2, 0) is 14.3 Å². The first kappa shape index (κ1) is 21.4. The van der Waals surface area contributed by atoms with Crippen LogP contribution in [0, 0.1) is 5.92 Å². The molecule has 1 aliphatic rings. The van der Waals surface area contributed by atoms with Crippen LogP contribution in [-0.4, -0.2) is 56.0 Å². The maximum Gasteiger partial charge on any atom is 0.234 e. The zero-order chi connectivity index (χ0) is 19.5. The molecule has 0 aromatic heterocycles. The fraction of sp³-hybridized carbons (Fsp3) is 0.619. The SMILES string of the molecule is CCNC(=O)C1CCN(CC(=O)NCCCOC(C)c2ccccc2)CC1. The van der Waals surface area contributed by atoms with Gasteiger partial charge in [-0.25, -0.2) is 0 Å². The summed E-state index contributed by atoms with van der Waals surface area (Å²) in [5.74, 6) is 0.280. The van der Waals surface area contributed by atoms with E-state index in [4.69, 9.17) is 4.74 Å². The number of amides is 2. The van der Waals surface area contributed by atoms with Crippen molar-refractivity contribution < 1.29 is 14.3 Å². The van der Waals surface area contributed by atoms with E-state index < -0.39 is 0 Å². The van der Waals surface area contributed by atoms with Crippen molar-refractivity contribution in [3.05, 3.63) is 35.9 Å². The third kappa shape index (κ3) is 7.69. The van der Waals surface area contributed by atoms with Gasteiger partial charge in [0.1, 0.15) is 0 Å². The maximum absolute atomic E-state index is 12.1. The van der Waals surface area contributed by atoms with Gasteiger partial charge in [0.15, 0.2) is 0 Å². The van der Waals surface area contributed by atoms with Gasteiger partial charge >= 0.3 is 0 Å². The van der Waals surface area contributed by atoms with Crippen LogP contribution in [0.2, 0.25) is 0 Å². The number of ether oxygens (including phenoxy) is 1. The molecule has 150 valence electrons. The molecule has 0 bridgehead atoms. The van der Waals surface area contributed by atoms with Gasteiger partial charge in [0.25, 0.3) is 0 Å². The van der Waals surface area contributed by atoms with Crippen molar-refractivity contribution in [2.45, 2.75) is 39.2 Å². The van der Waals surface area contributed by atoms with Gasteiger partial charge in [-0.05, 0) is 51.8 Å². The Morgan fingerprint density at radius 3 is 2.56 bits per heavy atom. The molecule has 2 amide bonds. The first-order chi connectivity index (χ1) is 13.1. The smallest absolute Gasteiger partial charge is 0.234 e. The van der Waals surface area contributed by atoms with E-state index in [-0.39, 0.29) is 23.8 Å². The second-order valence-electron chi connectivity index (χ2n) is 7.07. The van der Waals surface area contributed by atoms with Gasteiger partial charge in [0.2, 0.25) is 11.8 Å². The van der Waals surface area contributed by atoms with Crippen LogP contribution in [0.15, 0.2) is 30.3 Å². The lowest BCUT2D eigenvalue weighted by Crippen LogP contribution is -2.44. The average molecular weight is 376 g/mol. The number of nitrogens with one attached hydrogen (secondary N) is 2. The molecule has 1 atom stereocenters. The van der Waals surface area contributed by atoms with Crippen molar-refractivity contribution in [1.82, 2.24) is 15.5 Å². The number of likely N-dealkylation sites (tertiary alicyclic amines) is 1. The summed E-state index contributed by atoms with van der Waals surface area (Å²) in [6.45, 7) is 7.89. The highest BCUT2D eigenvalue weighted by atomic mass is 16.5. The Bertz CT molecular complexity index is 571. The Kier molecular flexibility index (Phi) is 9.28. The van der Waals surface area contributed by atoms with E-state index in [1.165, 1.54) is 0 Å². The van der Waals surface area contributed by atoms with Crippen molar-refractivity contribution in [3.63, 3.8) is 0 Å². The lowest BCUT2D eigenvalue weighted by molar-refractivity contribution is -0.126. The Morgan fingerprint density at radius 1 is 1.19 bits per heavy atom. The van der Waals surface area contributed by atoms with Gasteiger partial charge < -0.3 is 15.4 Å². The zero-order valence-electron chi connectivity index (χ0n) is 16.6. The average Bonchev–Trinajstić information content (AvgIpc) is 2.69. The van der Waals surface area contributed by atoms with Crippen LogP contribution in [0.25, 0.3) is 0 Å². The van der Waals surface area contributed by atoms with Crippen molar-refractivity contribution in [2.75, 3.05) is 39.3 Å². The minimum absolute atomic E-state index is 0.0440. The molecule has 0 saturated carbocycles. The van der Waals surface area contributed by atoms with Gasteiger partial charge in [-0.2, -0.15) is 0 Å². The van der Waals surface area contributed by atoms with E-state index in [2.05, 4.69) is 27.7 Å². The van der Waals surface area contributed by atoms with E-state index in [1.807, 2.05) is 32.0 Å². The van der Waals surface area contributed by atoms with Gasteiger partial charge in [-0.3, -0.25) is 14.5 Å². The fourth-order valence-electron chi connectivity index (χ4n) is 3.31. The molecule has 2 N–H and O–H groups in total. The second-order valence-corrected chi connectivity index (χ2v) is 7.07. The van der Waals surface area contributed by atoms with Gasteiger partial charge in [-0.15, -0.1) is 0 Å². The Balaban J connectivity index is 1.53. The highest BCUT2D eigenvalue weighted by molar-refractivity contribution is 5.79. The maximum atomic E-state index is 12.1. The summed E-state index contributed by atoms with van der Waals surface area (Å²) in [5, 5.41) is 5.84. The number of rotatable bonds is 10. The number of nitrogens with zero attached hydrogens (tertiary/aromatic N) is 1. The summed E-state index contributed by atoms with van der Waals surface area (Å²) in [6.07, 6.45) is 2.50. The Labute approximate surface area is 162 Å². The standard InChI is InChI=1S/C21H33N3O3/c1-3-22-21(26)19-10-13-24(14-11-19)16-20(25)23-12-7-15-27-17(2)18-8-5-4-6-9-18/h4-6,8-9,17,19H,3,7,10-16H2,1-2H3,(H,22,26)(H,23,25). The number of benzene rings is 1. The summed E-state index contributed by atoms with van der Waals surface area (Å²) in [7, 11) is 0. The van der Waals surface area contributed by atoms with Crippen LogP contribution >= 0.6 is 0 Å². The summed E-state index contributed by atoms with van der Waals surface area (Å²) >= 11 is 0. The predicted octanol–water partition coefficient (Wildman–Crippen LogP) is 2.12. The third-order valence-electron chi connectivity index (χ3n) is 4.96. The number of piperidine rings is 1. The molecule has 1 heterocycles. The number of carbonyl (C=O) groups excluding carboxylic acids is 2. The summed E-state index contributed by atoms with van der Waals surface area (Å²) in [6, 6.07) is 10.1. The first-order valence-corrected chi connectivity index (χ1v) is 10.0. The highest BCUT2D eigenvalue weighted by Crippen LogP contribution is 2.17. The van der Waals surface area contributed by atoms with Crippen molar-refractivity contribution in [1.29, 1.82) is 0 Å². The van der Waals surface area contributed by atoms with Gasteiger partial charge in [-0.1, -0.05) is 30.3 Å². The van der Waals surface area contributed by atoms with Gasteiger partial charge in [0.05, 0.1) is 12.6 Å². The van der Waals surface area contributed by atoms with E-state index in [0.29, 0.717) is 26.2 Å². The normalized spacial score (nSPS) is 16.7. The summed E-state index contributed by atoms with van der Waals surface area (Å²) in [5.41, 5.74) is 1.16. The van der Waals surface area contributed by atoms with Crippen molar-refractivity contribution in [2.24, 2.45) is 5.92 Å². The van der Waals surface area contributed by atoms with Crippen molar-refractivity contribution >= 4 is 11.8 Å². The monoisotopic (exact) mass is 375 g/mol. The lowest BCUT2D eigenvalue weighted by atomic mass is 9.96. The molecule has 2 rings (SSSR count). The minimum atomic E-state index is 0.0440. The topological polar surface area (TPSA) is 70.7 Å². The quantitative estimate of drug-likeness (QED) is 0.615. The molecule has 1 unspecified atom stereocenters. The van der Waals surface area contributed by atoms with E-state index in [0.717, 1.165) is 37.9 Å². The largest absolute Gasteiger partial charge is 0.374 e. The first-order valence-electron chi connectivity index (χ1n) is 10.0. The second kappa shape index (κ2) is 11.7. The number of carbonyl (C=O) groups is 2. The van der Waals surface area contributed by atoms with Crippen molar-refractivity contribution in [3.8, 4) is 0 Å². The molecule has 27 heavy (non-hydrogen) atoms. The molecule has 6 nitrogen and oxygen atoms in total. The summed E-state index contributed by atoms with van der Waals surface area (Å²) < 4.78 is 5.81. The molecule has 1 aromatic rings. The fourth-order valence-corrected chi connectivity index (χ4v) is 3.31. The molecule has 0 aliphatic carbocycles. The Morgan fingerprint density at radius 2 is 1.89 bits per heavy atom. The van der Waals surface area contributed by atoms with Gasteiger partial charge in [0, 0.05) is 25.6 Å². The highest BCUT2D eigenvalue weighted by Gasteiger charge is 2.25. The minimum Gasteiger partial charge on any atom is -0.374 e. The number of hydrogen-bond acceptors (Lipinski definition) is 4. The molecule has 0 radical (unpaired) electrons. The van der Waals surface area contributed by atoms with Crippen LogP contribution in [0.4, 0.5) is 0 Å². The molecular formula is C21H33N3O3. The molecular weight excluding hydrogens is 342 g/mol. The van der Waals surface area contributed by atoms with E-state index in [1.54, 1.807) is 0 Å². The van der Waals surface area contributed by atoms with Crippen LogP contribution in [0.5, 0.6) is 0 Å².